The largest absolute Gasteiger partial charge is 0.465 e. The SMILES string of the molecule is COC(=O)c1ccnc2cc(NC(=O)OC(C)(C)C)ccc12. The predicted octanol–water partition coefficient (Wildman–Crippen LogP) is 3.37. The molecule has 0 saturated heterocycles. The molecule has 0 spiro atoms. The zero-order valence-electron chi connectivity index (χ0n) is 13.0. The smallest absolute Gasteiger partial charge is 0.412 e. The van der Waals surface area contributed by atoms with Crippen LogP contribution in [0.25, 0.3) is 10.9 Å². The maximum atomic E-state index is 11.8. The van der Waals surface area contributed by atoms with Crippen LogP contribution in [0.4, 0.5) is 10.5 Å². The number of ether oxygens (including phenoxy) is 2. The lowest BCUT2D eigenvalue weighted by atomic mass is 10.1. The molecule has 0 unspecified atom stereocenters. The molecule has 0 radical (unpaired) electrons. The van der Waals surface area contributed by atoms with Crippen LogP contribution in [-0.4, -0.2) is 29.8 Å². The lowest BCUT2D eigenvalue weighted by Crippen LogP contribution is -2.27. The summed E-state index contributed by atoms with van der Waals surface area (Å²) in [4.78, 5) is 27.7. The van der Waals surface area contributed by atoms with Gasteiger partial charge in [-0.05, 0) is 45.0 Å². The van der Waals surface area contributed by atoms with Gasteiger partial charge in [0.05, 0.1) is 18.2 Å². The van der Waals surface area contributed by atoms with Crippen molar-refractivity contribution in [1.82, 2.24) is 4.98 Å². The van der Waals surface area contributed by atoms with Crippen molar-refractivity contribution in [1.29, 1.82) is 0 Å². The van der Waals surface area contributed by atoms with E-state index in [0.29, 0.717) is 22.2 Å². The molecule has 0 atom stereocenters. The molecular weight excluding hydrogens is 284 g/mol. The van der Waals surface area contributed by atoms with Gasteiger partial charge in [-0.25, -0.2) is 9.59 Å². The Balaban J connectivity index is 2.28. The fourth-order valence-electron chi connectivity index (χ4n) is 1.94. The molecule has 0 bridgehead atoms. The van der Waals surface area contributed by atoms with Gasteiger partial charge in [-0.1, -0.05) is 0 Å². The molecule has 1 aromatic heterocycles. The van der Waals surface area contributed by atoms with Gasteiger partial charge in [0.25, 0.3) is 0 Å². The molecule has 1 aromatic carbocycles. The second kappa shape index (κ2) is 6.01. The predicted molar refractivity (Wildman–Crippen MR) is 82.9 cm³/mol. The van der Waals surface area contributed by atoms with E-state index < -0.39 is 17.7 Å². The fourth-order valence-corrected chi connectivity index (χ4v) is 1.94. The highest BCUT2D eigenvalue weighted by atomic mass is 16.6. The molecule has 22 heavy (non-hydrogen) atoms. The summed E-state index contributed by atoms with van der Waals surface area (Å²) < 4.78 is 9.93. The fraction of sp³-hybridized carbons (Fsp3) is 0.312. The first kappa shape index (κ1) is 15.8. The van der Waals surface area contributed by atoms with E-state index in [9.17, 15) is 9.59 Å². The first-order valence-corrected chi connectivity index (χ1v) is 6.77. The Kier molecular flexibility index (Phi) is 4.30. The van der Waals surface area contributed by atoms with E-state index in [2.05, 4.69) is 10.3 Å². The van der Waals surface area contributed by atoms with Gasteiger partial charge in [-0.3, -0.25) is 10.3 Å². The number of hydrogen-bond acceptors (Lipinski definition) is 5. The van der Waals surface area contributed by atoms with E-state index in [1.807, 2.05) is 0 Å². The lowest BCUT2D eigenvalue weighted by Gasteiger charge is -2.19. The Morgan fingerprint density at radius 3 is 2.55 bits per heavy atom. The number of carbonyl (C=O) groups is 2. The van der Waals surface area contributed by atoms with E-state index in [1.54, 1.807) is 45.0 Å². The summed E-state index contributed by atoms with van der Waals surface area (Å²) in [6.07, 6.45) is 0.974. The third kappa shape index (κ3) is 3.72. The standard InChI is InChI=1S/C16H18N2O4/c1-16(2,3)22-15(20)18-10-5-6-11-12(14(19)21-4)7-8-17-13(11)9-10/h5-9H,1-4H3,(H,18,20). The van der Waals surface area contributed by atoms with Gasteiger partial charge in [0.1, 0.15) is 5.60 Å². The van der Waals surface area contributed by atoms with Crippen LogP contribution in [0.3, 0.4) is 0 Å². The summed E-state index contributed by atoms with van der Waals surface area (Å²) in [6, 6.07) is 6.66. The van der Waals surface area contributed by atoms with Gasteiger partial charge < -0.3 is 9.47 Å². The Labute approximate surface area is 128 Å². The summed E-state index contributed by atoms with van der Waals surface area (Å²) in [5, 5.41) is 3.29. The number of hydrogen-bond donors (Lipinski definition) is 1. The monoisotopic (exact) mass is 302 g/mol. The molecular formula is C16H18N2O4. The van der Waals surface area contributed by atoms with Gasteiger partial charge in [-0.15, -0.1) is 0 Å². The van der Waals surface area contributed by atoms with Crippen LogP contribution in [-0.2, 0) is 9.47 Å². The number of amides is 1. The molecule has 0 saturated carbocycles. The number of fused-ring (bicyclic) bond motifs is 1. The molecule has 0 aliphatic heterocycles. The van der Waals surface area contributed by atoms with Gasteiger partial charge in [0.2, 0.25) is 0 Å². The Hall–Kier alpha value is -2.63. The second-order valence-corrected chi connectivity index (χ2v) is 5.71. The van der Waals surface area contributed by atoms with Crippen molar-refractivity contribution in [2.45, 2.75) is 26.4 Å². The third-order valence-corrected chi connectivity index (χ3v) is 2.79. The first-order chi connectivity index (χ1) is 10.3. The summed E-state index contributed by atoms with van der Waals surface area (Å²) >= 11 is 0. The number of rotatable bonds is 2. The number of esters is 1. The molecule has 6 nitrogen and oxygen atoms in total. The summed E-state index contributed by atoms with van der Waals surface area (Å²) in [7, 11) is 1.33. The molecule has 1 amide bonds. The molecule has 0 aliphatic rings. The number of anilines is 1. The Morgan fingerprint density at radius 1 is 1.18 bits per heavy atom. The summed E-state index contributed by atoms with van der Waals surface area (Å²) in [5.74, 6) is -0.430. The maximum Gasteiger partial charge on any atom is 0.412 e. The maximum absolute atomic E-state index is 11.8. The second-order valence-electron chi connectivity index (χ2n) is 5.71. The number of nitrogens with zero attached hydrogens (tertiary/aromatic N) is 1. The van der Waals surface area contributed by atoms with Crippen molar-refractivity contribution in [2.75, 3.05) is 12.4 Å². The van der Waals surface area contributed by atoms with Crippen molar-refractivity contribution < 1.29 is 19.1 Å². The van der Waals surface area contributed by atoms with Crippen LogP contribution in [0.5, 0.6) is 0 Å². The molecule has 1 N–H and O–H groups in total. The molecule has 1 heterocycles. The van der Waals surface area contributed by atoms with Crippen molar-refractivity contribution in [3.8, 4) is 0 Å². The first-order valence-electron chi connectivity index (χ1n) is 6.77. The highest BCUT2D eigenvalue weighted by Crippen LogP contribution is 2.22. The normalized spacial score (nSPS) is 11.1. The van der Waals surface area contributed by atoms with Crippen molar-refractivity contribution >= 4 is 28.7 Å². The van der Waals surface area contributed by atoms with E-state index >= 15 is 0 Å². The highest BCUT2D eigenvalue weighted by Gasteiger charge is 2.17. The van der Waals surface area contributed by atoms with Gasteiger partial charge >= 0.3 is 12.1 Å². The van der Waals surface area contributed by atoms with Gasteiger partial charge in [0, 0.05) is 17.3 Å². The number of pyridine rings is 1. The number of benzene rings is 1. The zero-order valence-corrected chi connectivity index (χ0v) is 13.0. The zero-order chi connectivity index (χ0) is 16.3. The third-order valence-electron chi connectivity index (χ3n) is 2.79. The van der Waals surface area contributed by atoms with Crippen molar-refractivity contribution in [3.05, 3.63) is 36.0 Å². The van der Waals surface area contributed by atoms with Crippen LogP contribution >= 0.6 is 0 Å². The Bertz CT molecular complexity index is 720. The topological polar surface area (TPSA) is 77.5 Å². The van der Waals surface area contributed by atoms with E-state index in [4.69, 9.17) is 9.47 Å². The van der Waals surface area contributed by atoms with Crippen LogP contribution in [0.15, 0.2) is 30.5 Å². The molecule has 2 rings (SSSR count). The molecule has 116 valence electrons. The number of carbonyl (C=O) groups excluding carboxylic acids is 2. The average Bonchev–Trinajstić information content (AvgIpc) is 2.43. The number of nitrogens with one attached hydrogen (secondary N) is 1. The lowest BCUT2D eigenvalue weighted by molar-refractivity contribution is 0.0600. The van der Waals surface area contributed by atoms with Crippen LogP contribution in [0.1, 0.15) is 31.1 Å². The van der Waals surface area contributed by atoms with Crippen molar-refractivity contribution in [3.63, 3.8) is 0 Å². The quantitative estimate of drug-likeness (QED) is 0.861. The highest BCUT2D eigenvalue weighted by molar-refractivity contribution is 6.04. The van der Waals surface area contributed by atoms with E-state index in [-0.39, 0.29) is 0 Å². The summed E-state index contributed by atoms with van der Waals surface area (Å²) in [5.41, 5.74) is 0.973. The molecule has 6 heteroatoms. The van der Waals surface area contributed by atoms with Gasteiger partial charge in [0.15, 0.2) is 0 Å². The van der Waals surface area contributed by atoms with Crippen molar-refractivity contribution in [2.24, 2.45) is 0 Å². The minimum absolute atomic E-state index is 0.427. The van der Waals surface area contributed by atoms with Crippen LogP contribution in [0.2, 0.25) is 0 Å². The molecule has 0 aliphatic carbocycles. The van der Waals surface area contributed by atoms with Gasteiger partial charge in [-0.2, -0.15) is 0 Å². The minimum atomic E-state index is -0.572. The van der Waals surface area contributed by atoms with E-state index in [1.165, 1.54) is 13.3 Å². The number of aromatic nitrogens is 1. The van der Waals surface area contributed by atoms with Crippen LogP contribution in [0, 0.1) is 0 Å². The minimum Gasteiger partial charge on any atom is -0.465 e. The summed E-state index contributed by atoms with van der Waals surface area (Å²) in [6.45, 7) is 5.37. The van der Waals surface area contributed by atoms with Crippen LogP contribution < -0.4 is 5.32 Å². The number of methoxy groups -OCH3 is 1. The van der Waals surface area contributed by atoms with E-state index in [0.717, 1.165) is 0 Å². The molecule has 0 fully saturated rings. The Morgan fingerprint density at radius 2 is 1.91 bits per heavy atom. The molecule has 2 aromatic rings. The average molecular weight is 302 g/mol.